The van der Waals surface area contributed by atoms with Crippen molar-refractivity contribution >= 4 is 16.8 Å². The van der Waals surface area contributed by atoms with Crippen molar-refractivity contribution in [1.29, 1.82) is 0 Å². The SMILES string of the molecule is CC(=O)c1cccc(-n2c(=O)[nH]c(=O)c3cccnc32)c1. The normalized spacial score (nSPS) is 10.7. The van der Waals surface area contributed by atoms with Gasteiger partial charge in [-0.25, -0.2) is 14.3 Å². The minimum atomic E-state index is -0.591. The van der Waals surface area contributed by atoms with E-state index in [0.717, 1.165) is 0 Å². The average molecular weight is 281 g/mol. The second-order valence-corrected chi connectivity index (χ2v) is 4.58. The van der Waals surface area contributed by atoms with Crippen LogP contribution >= 0.6 is 0 Å². The van der Waals surface area contributed by atoms with Crippen molar-refractivity contribution in [3.8, 4) is 5.69 Å². The van der Waals surface area contributed by atoms with Crippen LogP contribution in [0.2, 0.25) is 0 Å². The molecule has 3 aromatic rings. The summed E-state index contributed by atoms with van der Waals surface area (Å²) in [4.78, 5) is 41.8. The first-order valence-corrected chi connectivity index (χ1v) is 6.29. The molecule has 0 amide bonds. The van der Waals surface area contributed by atoms with Crippen LogP contribution in [0.5, 0.6) is 0 Å². The van der Waals surface area contributed by atoms with E-state index in [4.69, 9.17) is 0 Å². The summed E-state index contributed by atoms with van der Waals surface area (Å²) in [7, 11) is 0. The number of benzene rings is 1. The standard InChI is InChI=1S/C15H11N3O3/c1-9(19)10-4-2-5-11(8-10)18-13-12(6-3-7-16-13)14(20)17-15(18)21/h2-8H,1H3,(H,17,20,21). The second-order valence-electron chi connectivity index (χ2n) is 4.58. The van der Waals surface area contributed by atoms with Gasteiger partial charge in [0.2, 0.25) is 0 Å². The zero-order valence-corrected chi connectivity index (χ0v) is 11.2. The molecule has 0 fully saturated rings. The van der Waals surface area contributed by atoms with E-state index in [-0.39, 0.29) is 11.4 Å². The Morgan fingerprint density at radius 3 is 2.76 bits per heavy atom. The number of hydrogen-bond acceptors (Lipinski definition) is 4. The molecule has 104 valence electrons. The molecule has 6 heteroatoms. The van der Waals surface area contributed by atoms with Crippen molar-refractivity contribution in [2.24, 2.45) is 0 Å². The van der Waals surface area contributed by atoms with Crippen LogP contribution < -0.4 is 11.2 Å². The fourth-order valence-electron chi connectivity index (χ4n) is 2.17. The van der Waals surface area contributed by atoms with E-state index >= 15 is 0 Å². The Labute approximate surface area is 118 Å². The van der Waals surface area contributed by atoms with E-state index in [9.17, 15) is 14.4 Å². The first-order valence-electron chi connectivity index (χ1n) is 6.29. The Bertz CT molecular complexity index is 970. The molecule has 21 heavy (non-hydrogen) atoms. The summed E-state index contributed by atoms with van der Waals surface area (Å²) < 4.78 is 1.28. The molecule has 0 aliphatic carbocycles. The summed E-state index contributed by atoms with van der Waals surface area (Å²) >= 11 is 0. The zero-order chi connectivity index (χ0) is 15.0. The van der Waals surface area contributed by atoms with Gasteiger partial charge in [-0.1, -0.05) is 12.1 Å². The quantitative estimate of drug-likeness (QED) is 0.717. The lowest BCUT2D eigenvalue weighted by Gasteiger charge is -2.09. The van der Waals surface area contributed by atoms with Crippen LogP contribution in [0.25, 0.3) is 16.7 Å². The van der Waals surface area contributed by atoms with Gasteiger partial charge in [-0.15, -0.1) is 0 Å². The third-order valence-corrected chi connectivity index (χ3v) is 3.18. The lowest BCUT2D eigenvalue weighted by atomic mass is 10.1. The minimum Gasteiger partial charge on any atom is -0.295 e. The number of carbonyl (C=O) groups is 1. The van der Waals surface area contributed by atoms with Crippen molar-refractivity contribution in [2.45, 2.75) is 6.92 Å². The highest BCUT2D eigenvalue weighted by molar-refractivity contribution is 5.94. The first kappa shape index (κ1) is 13.0. The number of pyridine rings is 1. The summed E-state index contributed by atoms with van der Waals surface area (Å²) in [6.07, 6.45) is 1.51. The number of nitrogens with zero attached hydrogens (tertiary/aromatic N) is 2. The molecular formula is C15H11N3O3. The molecule has 2 aromatic heterocycles. The molecule has 0 radical (unpaired) electrons. The van der Waals surface area contributed by atoms with Crippen LogP contribution in [-0.4, -0.2) is 20.3 Å². The second kappa shape index (κ2) is 4.82. The van der Waals surface area contributed by atoms with Gasteiger partial charge in [0.25, 0.3) is 5.56 Å². The summed E-state index contributed by atoms with van der Waals surface area (Å²) in [5.74, 6) is -0.105. The van der Waals surface area contributed by atoms with Gasteiger partial charge in [0, 0.05) is 11.8 Å². The minimum absolute atomic E-state index is 0.105. The summed E-state index contributed by atoms with van der Waals surface area (Å²) in [5.41, 5.74) is 0.142. The molecule has 0 saturated heterocycles. The van der Waals surface area contributed by atoms with Gasteiger partial charge >= 0.3 is 5.69 Å². The summed E-state index contributed by atoms with van der Waals surface area (Å²) in [5, 5.41) is 0.310. The molecule has 0 aliphatic heterocycles. The van der Waals surface area contributed by atoms with Gasteiger partial charge < -0.3 is 0 Å². The number of rotatable bonds is 2. The maximum atomic E-state index is 12.1. The predicted molar refractivity (Wildman–Crippen MR) is 78.0 cm³/mol. The summed E-state index contributed by atoms with van der Waals surface area (Å²) in [6.45, 7) is 1.45. The molecule has 0 bridgehead atoms. The number of carbonyl (C=O) groups excluding carboxylic acids is 1. The highest BCUT2D eigenvalue weighted by Gasteiger charge is 2.11. The lowest BCUT2D eigenvalue weighted by Crippen LogP contribution is -2.29. The van der Waals surface area contributed by atoms with Crippen LogP contribution in [0, 0.1) is 0 Å². The molecule has 0 spiro atoms. The van der Waals surface area contributed by atoms with Crippen molar-refractivity contribution in [3.63, 3.8) is 0 Å². The smallest absolute Gasteiger partial charge is 0.295 e. The van der Waals surface area contributed by atoms with Gasteiger partial charge in [-0.05, 0) is 31.2 Å². The number of H-pyrrole nitrogens is 1. The van der Waals surface area contributed by atoms with Gasteiger partial charge in [-0.2, -0.15) is 0 Å². The number of Topliss-reactive ketones (excluding diaryl/α,β-unsaturated/α-hetero) is 1. The van der Waals surface area contributed by atoms with Crippen LogP contribution in [0.3, 0.4) is 0 Å². The van der Waals surface area contributed by atoms with Gasteiger partial charge in [0.05, 0.1) is 11.1 Å². The molecule has 0 aliphatic rings. The number of nitrogens with one attached hydrogen (secondary N) is 1. The molecule has 0 saturated carbocycles. The largest absolute Gasteiger partial charge is 0.334 e. The molecule has 1 aromatic carbocycles. The van der Waals surface area contributed by atoms with E-state index in [2.05, 4.69) is 9.97 Å². The number of aromatic nitrogens is 3. The third-order valence-electron chi connectivity index (χ3n) is 3.18. The van der Waals surface area contributed by atoms with Crippen LogP contribution in [0.1, 0.15) is 17.3 Å². The van der Waals surface area contributed by atoms with Crippen LogP contribution in [0.4, 0.5) is 0 Å². The zero-order valence-electron chi connectivity index (χ0n) is 11.2. The lowest BCUT2D eigenvalue weighted by molar-refractivity contribution is 0.101. The maximum Gasteiger partial charge on any atom is 0.334 e. The van der Waals surface area contributed by atoms with E-state index in [1.165, 1.54) is 17.7 Å². The monoisotopic (exact) mass is 281 g/mol. The molecular weight excluding hydrogens is 270 g/mol. The maximum absolute atomic E-state index is 12.1. The van der Waals surface area contributed by atoms with Crippen molar-refractivity contribution in [1.82, 2.24) is 14.5 Å². The Balaban J connectivity index is 2.40. The van der Waals surface area contributed by atoms with Crippen LogP contribution in [0.15, 0.2) is 52.2 Å². The van der Waals surface area contributed by atoms with Gasteiger partial charge in [0.15, 0.2) is 11.4 Å². The average Bonchev–Trinajstić information content (AvgIpc) is 2.47. The van der Waals surface area contributed by atoms with Crippen molar-refractivity contribution < 1.29 is 4.79 Å². The van der Waals surface area contributed by atoms with E-state index in [0.29, 0.717) is 16.6 Å². The molecule has 3 rings (SSSR count). The molecule has 0 unspecified atom stereocenters. The van der Waals surface area contributed by atoms with E-state index in [1.807, 2.05) is 0 Å². The topological polar surface area (TPSA) is 84.8 Å². The van der Waals surface area contributed by atoms with Crippen molar-refractivity contribution in [2.75, 3.05) is 0 Å². The van der Waals surface area contributed by atoms with E-state index < -0.39 is 11.2 Å². The fraction of sp³-hybridized carbons (Fsp3) is 0.0667. The number of hydrogen-bond donors (Lipinski definition) is 1. The van der Waals surface area contributed by atoms with Crippen molar-refractivity contribution in [3.05, 3.63) is 69.0 Å². The Hall–Kier alpha value is -3.02. The van der Waals surface area contributed by atoms with E-state index in [1.54, 1.807) is 36.4 Å². The summed E-state index contributed by atoms with van der Waals surface area (Å²) in [6, 6.07) is 9.83. The third kappa shape index (κ3) is 2.16. The molecule has 0 atom stereocenters. The Morgan fingerprint density at radius 1 is 1.19 bits per heavy atom. The highest BCUT2D eigenvalue weighted by atomic mass is 16.2. The molecule has 1 N–H and O–H groups in total. The number of ketones is 1. The first-order chi connectivity index (χ1) is 10.1. The fourth-order valence-corrected chi connectivity index (χ4v) is 2.17. The van der Waals surface area contributed by atoms with Crippen LogP contribution in [-0.2, 0) is 0 Å². The highest BCUT2D eigenvalue weighted by Crippen LogP contribution is 2.13. The number of aromatic amines is 1. The van der Waals surface area contributed by atoms with Gasteiger partial charge in [0.1, 0.15) is 0 Å². The van der Waals surface area contributed by atoms with Gasteiger partial charge in [-0.3, -0.25) is 14.6 Å². The molecule has 2 heterocycles. The Kier molecular flexibility index (Phi) is 2.98. The Morgan fingerprint density at radius 2 is 2.00 bits per heavy atom. The number of fused-ring (bicyclic) bond motifs is 1. The predicted octanol–water partition coefficient (Wildman–Crippen LogP) is 1.28. The molecule has 6 nitrogen and oxygen atoms in total.